The van der Waals surface area contributed by atoms with Crippen LogP contribution in [-0.2, 0) is 27.9 Å². The molecular weight excluding hydrogens is 709 g/mol. The SMILES string of the molecule is CCCCCCCCCCCCCCCCCCCCOC[C@H](COP(=O)(O)OCCN)OC(=O)CCCCCCCCCCCCCCCCCCCC. The fourth-order valence-corrected chi connectivity index (χ4v) is 8.00. The third-order valence-corrected chi connectivity index (χ3v) is 11.8. The quantitative estimate of drug-likeness (QED) is 0.0355. The van der Waals surface area contributed by atoms with Crippen molar-refractivity contribution >= 4 is 13.8 Å². The van der Waals surface area contributed by atoms with Crippen LogP contribution >= 0.6 is 7.82 Å². The highest BCUT2D eigenvalue weighted by atomic mass is 31.2. The lowest BCUT2D eigenvalue weighted by Gasteiger charge is -2.20. The highest BCUT2D eigenvalue weighted by molar-refractivity contribution is 7.47. The Morgan fingerprint density at radius 3 is 1.15 bits per heavy atom. The molecule has 0 aromatic rings. The summed E-state index contributed by atoms with van der Waals surface area (Å²) in [6.45, 7) is 5.00. The van der Waals surface area contributed by atoms with Crippen LogP contribution in [0.25, 0.3) is 0 Å². The average Bonchev–Trinajstić information content (AvgIpc) is 3.17. The van der Waals surface area contributed by atoms with Crippen LogP contribution in [0.5, 0.6) is 0 Å². The van der Waals surface area contributed by atoms with Gasteiger partial charge in [-0.15, -0.1) is 0 Å². The molecule has 8 nitrogen and oxygen atoms in total. The third kappa shape index (κ3) is 44.4. The Labute approximate surface area is 341 Å². The van der Waals surface area contributed by atoms with Crippen LogP contribution in [-0.4, -0.2) is 49.9 Å². The summed E-state index contributed by atoms with van der Waals surface area (Å²) in [6, 6.07) is 0. The van der Waals surface area contributed by atoms with Crippen molar-refractivity contribution in [2.24, 2.45) is 5.73 Å². The van der Waals surface area contributed by atoms with Gasteiger partial charge in [-0.1, -0.05) is 232 Å². The van der Waals surface area contributed by atoms with Crippen LogP contribution in [0.2, 0.25) is 0 Å². The molecule has 9 heteroatoms. The minimum Gasteiger partial charge on any atom is -0.457 e. The third-order valence-electron chi connectivity index (χ3n) is 10.8. The van der Waals surface area contributed by atoms with Gasteiger partial charge in [0.15, 0.2) is 0 Å². The minimum absolute atomic E-state index is 0.0898. The molecular formula is C46H94NO7P. The van der Waals surface area contributed by atoms with E-state index in [0.717, 1.165) is 32.1 Å². The highest BCUT2D eigenvalue weighted by Gasteiger charge is 2.25. The van der Waals surface area contributed by atoms with E-state index >= 15 is 0 Å². The van der Waals surface area contributed by atoms with Gasteiger partial charge in [-0.2, -0.15) is 0 Å². The molecule has 0 bridgehead atoms. The van der Waals surface area contributed by atoms with Crippen LogP contribution in [0, 0.1) is 0 Å². The second-order valence-corrected chi connectivity index (χ2v) is 17.8. The lowest BCUT2D eigenvalue weighted by Crippen LogP contribution is -2.28. The Morgan fingerprint density at radius 2 is 0.800 bits per heavy atom. The van der Waals surface area contributed by atoms with Crippen molar-refractivity contribution in [1.82, 2.24) is 0 Å². The second kappa shape index (κ2) is 44.6. The van der Waals surface area contributed by atoms with E-state index in [2.05, 4.69) is 13.8 Å². The first-order chi connectivity index (χ1) is 26.9. The fraction of sp³-hybridized carbons (Fsp3) is 0.978. The van der Waals surface area contributed by atoms with E-state index in [1.54, 1.807) is 0 Å². The number of ether oxygens (including phenoxy) is 2. The van der Waals surface area contributed by atoms with Crippen molar-refractivity contribution in [2.75, 3.05) is 33.0 Å². The molecule has 1 unspecified atom stereocenters. The zero-order chi connectivity index (χ0) is 40.2. The summed E-state index contributed by atoms with van der Waals surface area (Å²) < 4.78 is 33.5. The molecule has 0 saturated heterocycles. The number of esters is 1. The van der Waals surface area contributed by atoms with E-state index in [1.165, 1.54) is 199 Å². The Balaban J connectivity index is 3.92. The predicted molar refractivity (Wildman–Crippen MR) is 234 cm³/mol. The van der Waals surface area contributed by atoms with Crippen LogP contribution in [0.15, 0.2) is 0 Å². The van der Waals surface area contributed by atoms with Crippen molar-refractivity contribution < 1.29 is 32.8 Å². The molecule has 0 aromatic carbocycles. The minimum atomic E-state index is -4.27. The molecule has 0 radical (unpaired) electrons. The number of phosphoric ester groups is 1. The van der Waals surface area contributed by atoms with E-state index in [4.69, 9.17) is 24.3 Å². The van der Waals surface area contributed by atoms with Crippen LogP contribution in [0.3, 0.4) is 0 Å². The summed E-state index contributed by atoms with van der Waals surface area (Å²) in [4.78, 5) is 22.5. The molecule has 330 valence electrons. The second-order valence-electron chi connectivity index (χ2n) is 16.3. The molecule has 0 aliphatic carbocycles. The van der Waals surface area contributed by atoms with Gasteiger partial charge >= 0.3 is 13.8 Å². The smallest absolute Gasteiger partial charge is 0.457 e. The van der Waals surface area contributed by atoms with Gasteiger partial charge in [-0.3, -0.25) is 13.8 Å². The number of hydrogen-bond acceptors (Lipinski definition) is 7. The summed E-state index contributed by atoms with van der Waals surface area (Å²) in [5.74, 6) is -0.322. The van der Waals surface area contributed by atoms with Gasteiger partial charge < -0.3 is 20.1 Å². The molecule has 0 rings (SSSR count). The zero-order valence-electron chi connectivity index (χ0n) is 36.7. The maximum absolute atomic E-state index is 12.6. The number of rotatable bonds is 47. The van der Waals surface area contributed by atoms with Crippen molar-refractivity contribution in [1.29, 1.82) is 0 Å². The molecule has 3 N–H and O–H groups in total. The summed E-state index contributed by atoms with van der Waals surface area (Å²) in [5.41, 5.74) is 5.38. The maximum Gasteiger partial charge on any atom is 0.472 e. The van der Waals surface area contributed by atoms with E-state index in [-0.39, 0.29) is 32.3 Å². The molecule has 0 fully saturated rings. The van der Waals surface area contributed by atoms with Gasteiger partial charge in [0.25, 0.3) is 0 Å². The van der Waals surface area contributed by atoms with Crippen molar-refractivity contribution in [3.63, 3.8) is 0 Å². The van der Waals surface area contributed by atoms with E-state index in [9.17, 15) is 14.3 Å². The fourth-order valence-electron chi connectivity index (χ4n) is 7.24. The first-order valence-electron chi connectivity index (χ1n) is 24.0. The topological polar surface area (TPSA) is 117 Å². The number of hydrogen-bond donors (Lipinski definition) is 2. The van der Waals surface area contributed by atoms with Crippen LogP contribution < -0.4 is 5.73 Å². The maximum atomic E-state index is 12.6. The summed E-state index contributed by atoms with van der Waals surface area (Å²) in [5, 5.41) is 0. The Morgan fingerprint density at radius 1 is 0.473 bits per heavy atom. The monoisotopic (exact) mass is 804 g/mol. The van der Waals surface area contributed by atoms with Crippen molar-refractivity contribution in [2.45, 2.75) is 258 Å². The van der Waals surface area contributed by atoms with Gasteiger partial charge in [0.2, 0.25) is 0 Å². The molecule has 0 amide bonds. The highest BCUT2D eigenvalue weighted by Crippen LogP contribution is 2.43. The van der Waals surface area contributed by atoms with Crippen LogP contribution in [0.4, 0.5) is 0 Å². The normalized spacial score (nSPS) is 13.3. The van der Waals surface area contributed by atoms with Gasteiger partial charge in [0.05, 0.1) is 19.8 Å². The Bertz CT molecular complexity index is 817. The van der Waals surface area contributed by atoms with E-state index in [0.29, 0.717) is 13.0 Å². The largest absolute Gasteiger partial charge is 0.472 e. The number of nitrogens with two attached hydrogens (primary N) is 1. The molecule has 0 aliphatic heterocycles. The molecule has 0 saturated carbocycles. The van der Waals surface area contributed by atoms with Gasteiger partial charge in [0, 0.05) is 19.6 Å². The Hall–Kier alpha value is -0.500. The average molecular weight is 804 g/mol. The number of carbonyl (C=O) groups excluding carboxylic acids is 1. The van der Waals surface area contributed by atoms with E-state index < -0.39 is 13.9 Å². The summed E-state index contributed by atoms with van der Waals surface area (Å²) >= 11 is 0. The lowest BCUT2D eigenvalue weighted by atomic mass is 10.0. The summed E-state index contributed by atoms with van der Waals surface area (Å²) in [7, 11) is -4.27. The molecule has 0 aromatic heterocycles. The first kappa shape index (κ1) is 54.5. The van der Waals surface area contributed by atoms with Crippen molar-refractivity contribution in [3.8, 4) is 0 Å². The van der Waals surface area contributed by atoms with Gasteiger partial charge in [0.1, 0.15) is 6.10 Å². The van der Waals surface area contributed by atoms with Crippen molar-refractivity contribution in [3.05, 3.63) is 0 Å². The molecule has 55 heavy (non-hydrogen) atoms. The molecule has 0 spiro atoms. The standard InChI is InChI=1S/C46H94NO7P/c1-3-5-7-9-11-13-15-17-19-21-23-25-27-29-31-33-35-37-39-46(48)54-45(44-53-55(49,50)52-42-40-47)43-51-41-38-36-34-32-30-28-26-24-22-20-18-16-14-12-10-8-6-4-2/h45H,3-44,47H2,1-2H3,(H,49,50)/t45-/m1/s1. The molecule has 0 heterocycles. The summed E-state index contributed by atoms with van der Waals surface area (Å²) in [6.07, 6.45) is 46.9. The molecule has 0 aliphatic rings. The number of carbonyl (C=O) groups is 1. The van der Waals surface area contributed by atoms with Gasteiger partial charge in [-0.05, 0) is 12.8 Å². The molecule has 2 atom stereocenters. The first-order valence-corrected chi connectivity index (χ1v) is 25.5. The van der Waals surface area contributed by atoms with Crippen LogP contribution in [0.1, 0.15) is 251 Å². The van der Waals surface area contributed by atoms with Gasteiger partial charge in [-0.25, -0.2) is 4.57 Å². The Kier molecular flexibility index (Phi) is 44.2. The van der Waals surface area contributed by atoms with E-state index in [1.807, 2.05) is 0 Å². The zero-order valence-corrected chi connectivity index (χ0v) is 37.6. The number of unbranched alkanes of at least 4 members (excludes halogenated alkanes) is 34. The predicted octanol–water partition coefficient (Wildman–Crippen LogP) is 14.5. The lowest BCUT2D eigenvalue weighted by molar-refractivity contribution is -0.154. The number of phosphoric acid groups is 1.